The molecule has 0 aliphatic carbocycles. The topological polar surface area (TPSA) is 29.9 Å². The zero-order chi connectivity index (χ0) is 8.93. The van der Waals surface area contributed by atoms with Crippen LogP contribution in [0.5, 0.6) is 0 Å². The van der Waals surface area contributed by atoms with Gasteiger partial charge in [-0.15, -0.1) is 0 Å². The smallest absolute Gasteiger partial charge is 0.0946 e. The standard InChI is InChI=1S/C10H17N3/c1-2-4-10(12-5-3-1)8-13-7-6-11-9-13/h6-7,9-10,12H,1-5,8H2. The molecule has 0 saturated carbocycles. The minimum absolute atomic E-state index is 0.650. The van der Waals surface area contributed by atoms with Crippen molar-refractivity contribution in [3.05, 3.63) is 18.7 Å². The van der Waals surface area contributed by atoms with E-state index in [1.807, 2.05) is 18.7 Å². The van der Waals surface area contributed by atoms with Crippen LogP contribution in [0, 0.1) is 0 Å². The highest BCUT2D eigenvalue weighted by atomic mass is 15.1. The SMILES string of the molecule is c1cn(CC2CCCCCN2)cn1. The van der Waals surface area contributed by atoms with Gasteiger partial charge < -0.3 is 9.88 Å². The third-order valence-corrected chi connectivity index (χ3v) is 2.65. The van der Waals surface area contributed by atoms with Crippen LogP contribution in [0.3, 0.4) is 0 Å². The molecule has 0 amide bonds. The number of imidazole rings is 1. The summed E-state index contributed by atoms with van der Waals surface area (Å²) >= 11 is 0. The second-order valence-electron chi connectivity index (χ2n) is 3.76. The molecule has 0 aromatic carbocycles. The van der Waals surface area contributed by atoms with Gasteiger partial charge in [-0.25, -0.2) is 4.98 Å². The van der Waals surface area contributed by atoms with Crippen molar-refractivity contribution in [3.8, 4) is 0 Å². The van der Waals surface area contributed by atoms with E-state index in [0.29, 0.717) is 6.04 Å². The highest BCUT2D eigenvalue weighted by Crippen LogP contribution is 2.09. The predicted molar refractivity (Wildman–Crippen MR) is 52.5 cm³/mol. The van der Waals surface area contributed by atoms with E-state index in [9.17, 15) is 0 Å². The molecule has 1 aromatic rings. The zero-order valence-corrected chi connectivity index (χ0v) is 7.95. The van der Waals surface area contributed by atoms with Crippen molar-refractivity contribution in [1.29, 1.82) is 0 Å². The first-order valence-corrected chi connectivity index (χ1v) is 5.14. The summed E-state index contributed by atoms with van der Waals surface area (Å²) in [5.74, 6) is 0. The first kappa shape index (κ1) is 8.75. The summed E-state index contributed by atoms with van der Waals surface area (Å²) in [5.41, 5.74) is 0. The lowest BCUT2D eigenvalue weighted by Crippen LogP contribution is -2.32. The molecule has 1 unspecified atom stereocenters. The van der Waals surface area contributed by atoms with E-state index in [2.05, 4.69) is 14.9 Å². The minimum Gasteiger partial charge on any atom is -0.336 e. The fourth-order valence-corrected chi connectivity index (χ4v) is 1.91. The molecular formula is C10H17N3. The Balaban J connectivity index is 1.86. The maximum absolute atomic E-state index is 4.05. The second kappa shape index (κ2) is 4.42. The number of aromatic nitrogens is 2. The van der Waals surface area contributed by atoms with Crippen LogP contribution in [0.25, 0.3) is 0 Å². The third-order valence-electron chi connectivity index (χ3n) is 2.65. The van der Waals surface area contributed by atoms with Gasteiger partial charge in [-0.05, 0) is 19.4 Å². The fraction of sp³-hybridized carbons (Fsp3) is 0.700. The Morgan fingerprint density at radius 2 is 2.38 bits per heavy atom. The van der Waals surface area contributed by atoms with E-state index in [4.69, 9.17) is 0 Å². The summed E-state index contributed by atoms with van der Waals surface area (Å²) < 4.78 is 2.16. The molecular weight excluding hydrogens is 162 g/mol. The van der Waals surface area contributed by atoms with Crippen molar-refractivity contribution >= 4 is 0 Å². The fourth-order valence-electron chi connectivity index (χ4n) is 1.91. The predicted octanol–water partition coefficient (Wildman–Crippen LogP) is 1.42. The maximum atomic E-state index is 4.05. The van der Waals surface area contributed by atoms with E-state index < -0.39 is 0 Å². The van der Waals surface area contributed by atoms with Gasteiger partial charge in [-0.2, -0.15) is 0 Å². The lowest BCUT2D eigenvalue weighted by atomic mass is 10.1. The highest BCUT2D eigenvalue weighted by Gasteiger charge is 2.10. The Morgan fingerprint density at radius 3 is 3.23 bits per heavy atom. The van der Waals surface area contributed by atoms with Gasteiger partial charge in [-0.1, -0.05) is 12.8 Å². The minimum atomic E-state index is 0.650. The zero-order valence-electron chi connectivity index (χ0n) is 7.95. The molecule has 0 radical (unpaired) electrons. The van der Waals surface area contributed by atoms with Gasteiger partial charge in [0.2, 0.25) is 0 Å². The number of nitrogens with one attached hydrogen (secondary N) is 1. The molecule has 1 atom stereocenters. The van der Waals surface area contributed by atoms with Gasteiger partial charge in [0.1, 0.15) is 0 Å². The van der Waals surface area contributed by atoms with Crippen LogP contribution < -0.4 is 5.32 Å². The monoisotopic (exact) mass is 179 g/mol. The quantitative estimate of drug-likeness (QED) is 0.744. The summed E-state index contributed by atoms with van der Waals surface area (Å²) in [6.07, 6.45) is 11.2. The number of nitrogens with zero attached hydrogens (tertiary/aromatic N) is 2. The van der Waals surface area contributed by atoms with Gasteiger partial charge in [0.15, 0.2) is 0 Å². The summed E-state index contributed by atoms with van der Waals surface area (Å²) in [6.45, 7) is 2.25. The molecule has 1 aliphatic heterocycles. The maximum Gasteiger partial charge on any atom is 0.0946 e. The summed E-state index contributed by atoms with van der Waals surface area (Å²) in [4.78, 5) is 4.05. The Morgan fingerprint density at radius 1 is 1.38 bits per heavy atom. The van der Waals surface area contributed by atoms with Crippen LogP contribution in [0.15, 0.2) is 18.7 Å². The van der Waals surface area contributed by atoms with E-state index in [1.165, 1.54) is 32.2 Å². The average molecular weight is 179 g/mol. The van der Waals surface area contributed by atoms with Crippen LogP contribution in [0.2, 0.25) is 0 Å². The average Bonchev–Trinajstić information content (AvgIpc) is 2.49. The molecule has 1 N–H and O–H groups in total. The normalized spacial score (nSPS) is 24.2. The Bertz CT molecular complexity index is 222. The van der Waals surface area contributed by atoms with E-state index in [1.54, 1.807) is 0 Å². The van der Waals surface area contributed by atoms with Gasteiger partial charge in [0.25, 0.3) is 0 Å². The van der Waals surface area contributed by atoms with Crippen LogP contribution >= 0.6 is 0 Å². The van der Waals surface area contributed by atoms with Crippen LogP contribution in [-0.4, -0.2) is 22.1 Å². The first-order chi connectivity index (χ1) is 6.45. The van der Waals surface area contributed by atoms with Gasteiger partial charge in [0.05, 0.1) is 6.33 Å². The van der Waals surface area contributed by atoms with Crippen LogP contribution in [-0.2, 0) is 6.54 Å². The molecule has 1 fully saturated rings. The Kier molecular flexibility index (Phi) is 2.98. The third kappa shape index (κ3) is 2.56. The Hall–Kier alpha value is -0.830. The number of hydrogen-bond acceptors (Lipinski definition) is 2. The van der Waals surface area contributed by atoms with Crippen molar-refractivity contribution in [3.63, 3.8) is 0 Å². The van der Waals surface area contributed by atoms with Gasteiger partial charge >= 0.3 is 0 Å². The first-order valence-electron chi connectivity index (χ1n) is 5.14. The van der Waals surface area contributed by atoms with Crippen molar-refractivity contribution in [2.24, 2.45) is 0 Å². The van der Waals surface area contributed by atoms with E-state index >= 15 is 0 Å². The molecule has 1 aromatic heterocycles. The van der Waals surface area contributed by atoms with Crippen LogP contribution in [0.4, 0.5) is 0 Å². The lowest BCUT2D eigenvalue weighted by molar-refractivity contribution is 0.444. The van der Waals surface area contributed by atoms with Gasteiger partial charge in [-0.3, -0.25) is 0 Å². The van der Waals surface area contributed by atoms with E-state index in [0.717, 1.165) is 6.54 Å². The summed E-state index contributed by atoms with van der Waals surface area (Å²) in [6, 6.07) is 0.650. The Labute approximate surface area is 79.2 Å². The van der Waals surface area contributed by atoms with Gasteiger partial charge in [0, 0.05) is 25.0 Å². The molecule has 2 rings (SSSR count). The van der Waals surface area contributed by atoms with Crippen LogP contribution in [0.1, 0.15) is 25.7 Å². The highest BCUT2D eigenvalue weighted by molar-refractivity contribution is 4.78. The van der Waals surface area contributed by atoms with Crippen molar-refractivity contribution < 1.29 is 0 Å². The molecule has 3 nitrogen and oxygen atoms in total. The molecule has 2 heterocycles. The molecule has 0 spiro atoms. The largest absolute Gasteiger partial charge is 0.336 e. The number of rotatable bonds is 2. The van der Waals surface area contributed by atoms with E-state index in [-0.39, 0.29) is 0 Å². The molecule has 13 heavy (non-hydrogen) atoms. The molecule has 1 aliphatic rings. The second-order valence-corrected chi connectivity index (χ2v) is 3.76. The van der Waals surface area contributed by atoms with Crippen molar-refractivity contribution in [2.45, 2.75) is 38.3 Å². The molecule has 1 saturated heterocycles. The summed E-state index contributed by atoms with van der Waals surface area (Å²) in [5, 5.41) is 3.57. The summed E-state index contributed by atoms with van der Waals surface area (Å²) in [7, 11) is 0. The number of hydrogen-bond donors (Lipinski definition) is 1. The molecule has 72 valence electrons. The van der Waals surface area contributed by atoms with Crippen molar-refractivity contribution in [1.82, 2.24) is 14.9 Å². The van der Waals surface area contributed by atoms with Crippen molar-refractivity contribution in [2.75, 3.05) is 6.54 Å². The lowest BCUT2D eigenvalue weighted by Gasteiger charge is -2.15. The molecule has 3 heteroatoms. The molecule has 0 bridgehead atoms.